The van der Waals surface area contributed by atoms with Gasteiger partial charge in [-0.25, -0.2) is 13.1 Å². The SMILES string of the molecule is CCCC(=N)c1ccc(OC(=O)CCCNS(=O)(=O)CCOC)cc1. The summed E-state index contributed by atoms with van der Waals surface area (Å²) < 4.78 is 35.4. The van der Waals surface area contributed by atoms with Gasteiger partial charge in [0, 0.05) is 25.8 Å². The van der Waals surface area contributed by atoms with Crippen LogP contribution in [0.15, 0.2) is 24.3 Å². The third-order valence-corrected chi connectivity index (χ3v) is 4.72. The van der Waals surface area contributed by atoms with E-state index in [1.54, 1.807) is 24.3 Å². The molecule has 0 fully saturated rings. The van der Waals surface area contributed by atoms with E-state index in [1.165, 1.54) is 7.11 Å². The van der Waals surface area contributed by atoms with Crippen LogP contribution in [0, 0.1) is 5.41 Å². The molecule has 0 spiro atoms. The maximum atomic E-state index is 11.8. The lowest BCUT2D eigenvalue weighted by atomic mass is 10.1. The van der Waals surface area contributed by atoms with Crippen molar-refractivity contribution in [2.45, 2.75) is 32.6 Å². The second-order valence-electron chi connectivity index (χ2n) is 5.54. The molecule has 1 aromatic rings. The molecule has 0 saturated heterocycles. The monoisotopic (exact) mass is 370 g/mol. The van der Waals surface area contributed by atoms with E-state index >= 15 is 0 Å². The van der Waals surface area contributed by atoms with E-state index in [0.717, 1.165) is 12.0 Å². The third kappa shape index (κ3) is 8.76. The van der Waals surface area contributed by atoms with Crippen LogP contribution in [0.25, 0.3) is 0 Å². The van der Waals surface area contributed by atoms with Crippen LogP contribution in [-0.4, -0.2) is 46.1 Å². The highest BCUT2D eigenvalue weighted by molar-refractivity contribution is 7.89. The molecule has 0 aliphatic carbocycles. The van der Waals surface area contributed by atoms with E-state index in [0.29, 0.717) is 24.3 Å². The van der Waals surface area contributed by atoms with Gasteiger partial charge in [-0.2, -0.15) is 0 Å². The van der Waals surface area contributed by atoms with Crippen LogP contribution in [0.4, 0.5) is 0 Å². The Hall–Kier alpha value is -1.77. The predicted molar refractivity (Wildman–Crippen MR) is 96.7 cm³/mol. The molecule has 1 rings (SSSR count). The zero-order valence-corrected chi connectivity index (χ0v) is 15.5. The van der Waals surface area contributed by atoms with E-state index in [9.17, 15) is 13.2 Å². The van der Waals surface area contributed by atoms with Crippen molar-refractivity contribution in [1.29, 1.82) is 5.41 Å². The molecule has 0 aliphatic rings. The molecule has 0 atom stereocenters. The number of ether oxygens (including phenoxy) is 2. The van der Waals surface area contributed by atoms with Crippen molar-refractivity contribution in [3.05, 3.63) is 29.8 Å². The summed E-state index contributed by atoms with van der Waals surface area (Å²) in [6, 6.07) is 6.82. The Morgan fingerprint density at radius 2 is 1.88 bits per heavy atom. The summed E-state index contributed by atoms with van der Waals surface area (Å²) in [4.78, 5) is 11.8. The molecule has 0 unspecified atom stereocenters. The number of hydrogen-bond acceptors (Lipinski definition) is 6. The highest BCUT2D eigenvalue weighted by Crippen LogP contribution is 2.15. The molecule has 140 valence electrons. The van der Waals surface area contributed by atoms with Gasteiger partial charge in [-0.1, -0.05) is 13.3 Å². The molecular formula is C17H26N2O5S. The minimum atomic E-state index is -3.37. The zero-order chi connectivity index (χ0) is 18.7. The first-order chi connectivity index (χ1) is 11.9. The Bertz CT molecular complexity index is 656. The molecular weight excluding hydrogens is 344 g/mol. The summed E-state index contributed by atoms with van der Waals surface area (Å²) in [5.41, 5.74) is 1.37. The molecule has 0 amide bonds. The van der Waals surface area contributed by atoms with Gasteiger partial charge in [0.1, 0.15) is 5.75 Å². The van der Waals surface area contributed by atoms with Crippen molar-refractivity contribution in [2.75, 3.05) is 26.0 Å². The summed E-state index contributed by atoms with van der Waals surface area (Å²) in [6.45, 7) is 2.32. The second-order valence-corrected chi connectivity index (χ2v) is 7.46. The predicted octanol–water partition coefficient (Wildman–Crippen LogP) is 2.11. The van der Waals surface area contributed by atoms with Crippen molar-refractivity contribution in [1.82, 2.24) is 4.72 Å². The van der Waals surface area contributed by atoms with Crippen molar-refractivity contribution in [3.63, 3.8) is 0 Å². The number of benzene rings is 1. The lowest BCUT2D eigenvalue weighted by molar-refractivity contribution is -0.134. The Kier molecular flexibility index (Phi) is 9.33. The molecule has 7 nitrogen and oxygen atoms in total. The fourth-order valence-electron chi connectivity index (χ4n) is 2.03. The average Bonchev–Trinajstić information content (AvgIpc) is 2.58. The zero-order valence-electron chi connectivity index (χ0n) is 14.7. The van der Waals surface area contributed by atoms with E-state index < -0.39 is 16.0 Å². The van der Waals surface area contributed by atoms with Crippen LogP contribution in [0.5, 0.6) is 5.75 Å². The second kappa shape index (κ2) is 11.0. The Balaban J connectivity index is 2.34. The minimum Gasteiger partial charge on any atom is -0.427 e. The molecule has 0 bridgehead atoms. The number of rotatable bonds is 12. The van der Waals surface area contributed by atoms with Gasteiger partial charge in [0.15, 0.2) is 0 Å². The van der Waals surface area contributed by atoms with Crippen molar-refractivity contribution in [2.24, 2.45) is 0 Å². The number of esters is 1. The first kappa shape index (κ1) is 21.3. The Morgan fingerprint density at radius 3 is 2.48 bits per heavy atom. The maximum absolute atomic E-state index is 11.8. The van der Waals surface area contributed by atoms with Crippen molar-refractivity contribution < 1.29 is 22.7 Å². The quantitative estimate of drug-likeness (QED) is 0.254. The molecule has 0 aromatic heterocycles. The van der Waals surface area contributed by atoms with Crippen LogP contribution in [0.2, 0.25) is 0 Å². The number of hydrogen-bond donors (Lipinski definition) is 2. The van der Waals surface area contributed by atoms with E-state index in [2.05, 4.69) is 4.72 Å². The van der Waals surface area contributed by atoms with Gasteiger partial charge < -0.3 is 14.9 Å². The highest BCUT2D eigenvalue weighted by Gasteiger charge is 2.10. The molecule has 25 heavy (non-hydrogen) atoms. The normalized spacial score (nSPS) is 11.3. The number of sulfonamides is 1. The summed E-state index contributed by atoms with van der Waals surface area (Å²) in [6.07, 6.45) is 2.08. The lowest BCUT2D eigenvalue weighted by Crippen LogP contribution is -2.29. The summed E-state index contributed by atoms with van der Waals surface area (Å²) >= 11 is 0. The largest absolute Gasteiger partial charge is 0.427 e. The average molecular weight is 370 g/mol. The first-order valence-corrected chi connectivity index (χ1v) is 9.88. The fraction of sp³-hybridized carbons (Fsp3) is 0.529. The molecule has 0 saturated carbocycles. The van der Waals surface area contributed by atoms with Gasteiger partial charge in [0.05, 0.1) is 12.4 Å². The van der Waals surface area contributed by atoms with Gasteiger partial charge in [0.2, 0.25) is 10.0 Å². The fourth-order valence-corrected chi connectivity index (χ4v) is 3.01. The van der Waals surface area contributed by atoms with E-state index in [1.807, 2.05) is 6.92 Å². The third-order valence-electron chi connectivity index (χ3n) is 3.37. The van der Waals surface area contributed by atoms with Crippen molar-refractivity contribution in [3.8, 4) is 5.75 Å². The van der Waals surface area contributed by atoms with Gasteiger partial charge in [-0.05, 0) is 42.7 Å². The van der Waals surface area contributed by atoms with Crippen LogP contribution in [0.3, 0.4) is 0 Å². The number of carbonyl (C=O) groups is 1. The van der Waals surface area contributed by atoms with Gasteiger partial charge in [-0.3, -0.25) is 4.79 Å². The summed E-state index contributed by atoms with van der Waals surface area (Å²) in [5.74, 6) is -0.112. The Labute approximate surface area is 149 Å². The molecule has 1 aromatic carbocycles. The van der Waals surface area contributed by atoms with Crippen LogP contribution >= 0.6 is 0 Å². The molecule has 0 radical (unpaired) electrons. The molecule has 2 N–H and O–H groups in total. The smallest absolute Gasteiger partial charge is 0.311 e. The Morgan fingerprint density at radius 1 is 1.20 bits per heavy atom. The maximum Gasteiger partial charge on any atom is 0.311 e. The summed E-state index contributed by atoms with van der Waals surface area (Å²) in [7, 11) is -1.93. The number of methoxy groups -OCH3 is 1. The van der Waals surface area contributed by atoms with Crippen LogP contribution in [0.1, 0.15) is 38.2 Å². The van der Waals surface area contributed by atoms with Gasteiger partial charge in [0.25, 0.3) is 0 Å². The summed E-state index contributed by atoms with van der Waals surface area (Å²) in [5, 5.41) is 7.87. The van der Waals surface area contributed by atoms with Crippen molar-refractivity contribution >= 4 is 21.7 Å². The highest BCUT2D eigenvalue weighted by atomic mass is 32.2. The molecule has 8 heteroatoms. The van der Waals surface area contributed by atoms with E-state index in [4.69, 9.17) is 14.9 Å². The topological polar surface area (TPSA) is 106 Å². The number of nitrogens with one attached hydrogen (secondary N) is 2. The minimum absolute atomic E-state index is 0.104. The first-order valence-electron chi connectivity index (χ1n) is 8.22. The van der Waals surface area contributed by atoms with Gasteiger partial charge in [-0.15, -0.1) is 0 Å². The lowest BCUT2D eigenvalue weighted by Gasteiger charge is -2.07. The number of carbonyl (C=O) groups excluding carboxylic acids is 1. The molecule has 0 heterocycles. The van der Waals surface area contributed by atoms with Crippen LogP contribution in [-0.2, 0) is 19.6 Å². The van der Waals surface area contributed by atoms with Crippen LogP contribution < -0.4 is 9.46 Å². The standard InChI is InChI=1S/C17H26N2O5S/c1-3-5-16(18)14-7-9-15(10-8-14)24-17(20)6-4-11-19-25(21,22)13-12-23-2/h7-10,18-19H,3-6,11-13H2,1-2H3. The molecule has 0 aliphatic heterocycles. The van der Waals surface area contributed by atoms with Gasteiger partial charge >= 0.3 is 5.97 Å². The van der Waals surface area contributed by atoms with E-state index in [-0.39, 0.29) is 25.3 Å².